The molecule has 1 aliphatic rings. The van der Waals surface area contributed by atoms with Gasteiger partial charge in [0.05, 0.1) is 11.8 Å². The highest BCUT2D eigenvalue weighted by Gasteiger charge is 2.30. The molecule has 0 N–H and O–H groups in total. The normalized spacial score (nSPS) is 16.2. The number of rotatable bonds is 5. The highest BCUT2D eigenvalue weighted by atomic mass is 32.2. The standard InChI is InChI=1S/C24H20FN3OS2/c25-17-11-9-16(10-12-17)23-18-5-1-2-6-19(18)24(27-26-23)31-15-22(29)28-13-3-7-20(28)21-8-4-14-30-21/h1-2,4-6,8-12,14,20H,3,7,13,15H2/t20-/m1/s1. The van der Waals surface area contributed by atoms with Gasteiger partial charge in [-0.1, -0.05) is 42.1 Å². The Labute approximate surface area is 188 Å². The van der Waals surface area contributed by atoms with Gasteiger partial charge < -0.3 is 4.90 Å². The van der Waals surface area contributed by atoms with Crippen LogP contribution in [0.2, 0.25) is 0 Å². The third-order valence-corrected chi connectivity index (χ3v) is 7.49. The molecule has 1 saturated heterocycles. The van der Waals surface area contributed by atoms with Gasteiger partial charge in [0.1, 0.15) is 16.5 Å². The molecule has 1 aliphatic heterocycles. The Morgan fingerprint density at radius 2 is 1.87 bits per heavy atom. The predicted molar refractivity (Wildman–Crippen MR) is 124 cm³/mol. The Bertz CT molecular complexity index is 1210. The molecule has 31 heavy (non-hydrogen) atoms. The third kappa shape index (κ3) is 4.07. The SMILES string of the molecule is O=C(CSc1nnc(-c2ccc(F)cc2)c2ccccc12)N1CCC[C@@H]1c1cccs1. The molecule has 0 aliphatic carbocycles. The van der Waals surface area contributed by atoms with Crippen molar-refractivity contribution < 1.29 is 9.18 Å². The fourth-order valence-corrected chi connectivity index (χ4v) is 5.79. The molecule has 0 bridgehead atoms. The molecule has 2 aromatic heterocycles. The van der Waals surface area contributed by atoms with Crippen LogP contribution in [-0.2, 0) is 4.79 Å². The van der Waals surface area contributed by atoms with Crippen LogP contribution in [-0.4, -0.2) is 33.3 Å². The number of amides is 1. The monoisotopic (exact) mass is 449 g/mol. The van der Waals surface area contributed by atoms with Gasteiger partial charge in [-0.05, 0) is 48.6 Å². The van der Waals surface area contributed by atoms with Crippen molar-refractivity contribution in [2.45, 2.75) is 23.9 Å². The van der Waals surface area contributed by atoms with E-state index in [9.17, 15) is 9.18 Å². The first-order valence-electron chi connectivity index (χ1n) is 10.2. The van der Waals surface area contributed by atoms with Gasteiger partial charge in [0, 0.05) is 27.8 Å². The topological polar surface area (TPSA) is 46.1 Å². The maximum Gasteiger partial charge on any atom is 0.233 e. The lowest BCUT2D eigenvalue weighted by Gasteiger charge is -2.23. The van der Waals surface area contributed by atoms with Gasteiger partial charge in [-0.2, -0.15) is 0 Å². The van der Waals surface area contributed by atoms with Crippen molar-refractivity contribution in [3.8, 4) is 11.3 Å². The molecule has 1 atom stereocenters. The zero-order valence-electron chi connectivity index (χ0n) is 16.7. The van der Waals surface area contributed by atoms with Crippen LogP contribution in [0.5, 0.6) is 0 Å². The van der Waals surface area contributed by atoms with Crippen molar-refractivity contribution in [2.24, 2.45) is 0 Å². The number of nitrogens with zero attached hydrogens (tertiary/aromatic N) is 3. The molecule has 2 aromatic carbocycles. The van der Waals surface area contributed by atoms with Gasteiger partial charge in [0.2, 0.25) is 5.91 Å². The number of likely N-dealkylation sites (tertiary alicyclic amines) is 1. The minimum absolute atomic E-state index is 0.134. The van der Waals surface area contributed by atoms with Gasteiger partial charge in [0.25, 0.3) is 0 Å². The summed E-state index contributed by atoms with van der Waals surface area (Å²) in [6.07, 6.45) is 2.06. The van der Waals surface area contributed by atoms with Crippen LogP contribution >= 0.6 is 23.1 Å². The first-order valence-corrected chi connectivity index (χ1v) is 12.0. The van der Waals surface area contributed by atoms with Crippen molar-refractivity contribution in [3.63, 3.8) is 0 Å². The molecule has 3 heterocycles. The fourth-order valence-electron chi connectivity index (χ4n) is 4.06. The molecule has 0 radical (unpaired) electrons. The highest BCUT2D eigenvalue weighted by Crippen LogP contribution is 2.36. The smallest absolute Gasteiger partial charge is 0.233 e. The average Bonchev–Trinajstić information content (AvgIpc) is 3.50. The molecule has 7 heteroatoms. The summed E-state index contributed by atoms with van der Waals surface area (Å²) in [5.41, 5.74) is 1.53. The Balaban J connectivity index is 1.38. The van der Waals surface area contributed by atoms with Crippen LogP contribution < -0.4 is 0 Å². The Morgan fingerprint density at radius 1 is 1.06 bits per heavy atom. The van der Waals surface area contributed by atoms with Crippen LogP contribution in [0.25, 0.3) is 22.0 Å². The van der Waals surface area contributed by atoms with Gasteiger partial charge in [-0.15, -0.1) is 21.5 Å². The molecule has 5 rings (SSSR count). The van der Waals surface area contributed by atoms with E-state index in [2.05, 4.69) is 21.6 Å². The molecule has 4 aromatic rings. The number of thiophene rings is 1. The summed E-state index contributed by atoms with van der Waals surface area (Å²) in [5.74, 6) is 0.181. The number of hydrogen-bond acceptors (Lipinski definition) is 5. The van der Waals surface area contributed by atoms with Gasteiger partial charge in [0.15, 0.2) is 0 Å². The van der Waals surface area contributed by atoms with Crippen LogP contribution in [0.4, 0.5) is 4.39 Å². The molecular weight excluding hydrogens is 429 g/mol. The van der Waals surface area contributed by atoms with E-state index in [0.717, 1.165) is 40.7 Å². The lowest BCUT2D eigenvalue weighted by molar-refractivity contribution is -0.129. The molecule has 1 fully saturated rings. The van der Waals surface area contributed by atoms with E-state index >= 15 is 0 Å². The molecule has 0 spiro atoms. The fraction of sp³-hybridized carbons (Fsp3) is 0.208. The van der Waals surface area contributed by atoms with Gasteiger partial charge in [-0.25, -0.2) is 4.39 Å². The maximum absolute atomic E-state index is 13.3. The first-order chi connectivity index (χ1) is 15.2. The summed E-state index contributed by atoms with van der Waals surface area (Å²) in [7, 11) is 0. The summed E-state index contributed by atoms with van der Waals surface area (Å²) in [6, 6.07) is 18.5. The summed E-state index contributed by atoms with van der Waals surface area (Å²) in [6.45, 7) is 0.803. The summed E-state index contributed by atoms with van der Waals surface area (Å²) in [5, 5.41) is 13.5. The second-order valence-corrected chi connectivity index (χ2v) is 9.40. The maximum atomic E-state index is 13.3. The van der Waals surface area contributed by atoms with Gasteiger partial charge >= 0.3 is 0 Å². The van der Waals surface area contributed by atoms with Crippen LogP contribution in [0.1, 0.15) is 23.8 Å². The van der Waals surface area contributed by atoms with Crippen molar-refractivity contribution in [1.82, 2.24) is 15.1 Å². The second-order valence-electron chi connectivity index (χ2n) is 7.46. The van der Waals surface area contributed by atoms with E-state index in [1.807, 2.05) is 35.2 Å². The number of fused-ring (bicyclic) bond motifs is 1. The van der Waals surface area contributed by atoms with Crippen LogP contribution in [0.15, 0.2) is 71.1 Å². The number of halogens is 1. The Hall–Kier alpha value is -2.77. The number of hydrogen-bond donors (Lipinski definition) is 0. The Kier molecular flexibility index (Phi) is 5.70. The second kappa shape index (κ2) is 8.77. The summed E-state index contributed by atoms with van der Waals surface area (Å²) in [4.78, 5) is 16.3. The largest absolute Gasteiger partial charge is 0.334 e. The number of carbonyl (C=O) groups is 1. The van der Waals surface area contributed by atoms with E-state index in [4.69, 9.17) is 0 Å². The molecule has 0 saturated carbocycles. The zero-order chi connectivity index (χ0) is 21.2. The number of thioether (sulfide) groups is 1. The minimum atomic E-state index is -0.283. The Morgan fingerprint density at radius 3 is 2.65 bits per heavy atom. The van der Waals surface area contributed by atoms with E-state index in [1.54, 1.807) is 23.5 Å². The van der Waals surface area contributed by atoms with E-state index < -0.39 is 0 Å². The van der Waals surface area contributed by atoms with Gasteiger partial charge in [-0.3, -0.25) is 4.79 Å². The number of benzene rings is 2. The summed E-state index contributed by atoms with van der Waals surface area (Å²) >= 11 is 3.14. The number of aromatic nitrogens is 2. The first kappa shape index (κ1) is 20.2. The lowest BCUT2D eigenvalue weighted by Crippen LogP contribution is -2.31. The van der Waals surface area contributed by atoms with Crippen LogP contribution in [0, 0.1) is 5.82 Å². The van der Waals surface area contributed by atoms with Crippen LogP contribution in [0.3, 0.4) is 0 Å². The zero-order valence-corrected chi connectivity index (χ0v) is 18.3. The lowest BCUT2D eigenvalue weighted by atomic mass is 10.1. The highest BCUT2D eigenvalue weighted by molar-refractivity contribution is 8.00. The van der Waals surface area contributed by atoms with E-state index in [1.165, 1.54) is 28.8 Å². The molecule has 0 unspecified atom stereocenters. The molecular formula is C24H20FN3OS2. The predicted octanol–water partition coefficient (Wildman–Crippen LogP) is 5.95. The minimum Gasteiger partial charge on any atom is -0.334 e. The molecule has 1 amide bonds. The van der Waals surface area contributed by atoms with E-state index in [0.29, 0.717) is 11.4 Å². The van der Waals surface area contributed by atoms with Crippen molar-refractivity contribution in [3.05, 3.63) is 76.7 Å². The average molecular weight is 450 g/mol. The summed E-state index contributed by atoms with van der Waals surface area (Å²) < 4.78 is 13.3. The third-order valence-electron chi connectivity index (χ3n) is 5.55. The molecule has 4 nitrogen and oxygen atoms in total. The van der Waals surface area contributed by atoms with Crippen molar-refractivity contribution in [2.75, 3.05) is 12.3 Å². The van der Waals surface area contributed by atoms with E-state index in [-0.39, 0.29) is 17.8 Å². The quantitative estimate of drug-likeness (QED) is 0.353. The van der Waals surface area contributed by atoms with Crippen molar-refractivity contribution >= 4 is 39.8 Å². The molecule has 156 valence electrons. The number of carbonyl (C=O) groups excluding carboxylic acids is 1. The van der Waals surface area contributed by atoms with Crippen molar-refractivity contribution in [1.29, 1.82) is 0 Å².